The summed E-state index contributed by atoms with van der Waals surface area (Å²) in [4.78, 5) is 28.0. The van der Waals surface area contributed by atoms with E-state index in [0.717, 1.165) is 0 Å². The van der Waals surface area contributed by atoms with Crippen LogP contribution in [0.25, 0.3) is 5.69 Å². The predicted octanol–water partition coefficient (Wildman–Crippen LogP) is 3.48. The Labute approximate surface area is 158 Å². The van der Waals surface area contributed by atoms with Crippen molar-refractivity contribution < 1.29 is 14.0 Å². The van der Waals surface area contributed by atoms with Gasteiger partial charge in [-0.05, 0) is 48.7 Å². The van der Waals surface area contributed by atoms with Crippen LogP contribution in [0, 0.1) is 5.82 Å². The van der Waals surface area contributed by atoms with Crippen LogP contribution >= 0.6 is 11.8 Å². The number of nitrogens with zero attached hydrogens (tertiary/aromatic N) is 2. The number of carbonyl (C=O) groups excluding carboxylic acids is 2. The number of carbonyl (C=O) groups is 2. The molecule has 1 heterocycles. The summed E-state index contributed by atoms with van der Waals surface area (Å²) in [7, 11) is 0. The van der Waals surface area contributed by atoms with E-state index in [9.17, 15) is 14.0 Å². The molecule has 0 aliphatic rings. The highest BCUT2D eigenvalue weighted by atomic mass is 32.2. The molecule has 9 heteroatoms. The fraction of sp³-hybridized carbons (Fsp3) is 0.0556. The Morgan fingerprint density at radius 3 is 2.41 bits per heavy atom. The van der Waals surface area contributed by atoms with Crippen LogP contribution in [0.1, 0.15) is 10.5 Å². The number of anilines is 2. The molecule has 3 aromatic rings. The molecule has 0 spiro atoms. The van der Waals surface area contributed by atoms with Gasteiger partial charge in [-0.2, -0.15) is 0 Å². The first-order valence-corrected chi connectivity index (χ1v) is 9.06. The van der Waals surface area contributed by atoms with Gasteiger partial charge >= 0.3 is 6.03 Å². The van der Waals surface area contributed by atoms with E-state index in [1.165, 1.54) is 30.1 Å². The number of imidazole rings is 1. The van der Waals surface area contributed by atoms with E-state index >= 15 is 0 Å². The summed E-state index contributed by atoms with van der Waals surface area (Å²) in [5.74, 6) is -0.766. The van der Waals surface area contributed by atoms with Crippen molar-refractivity contribution in [3.05, 3.63) is 66.2 Å². The van der Waals surface area contributed by atoms with Crippen LogP contribution in [-0.4, -0.2) is 27.7 Å². The number of halogens is 1. The van der Waals surface area contributed by atoms with E-state index in [1.807, 2.05) is 6.26 Å². The van der Waals surface area contributed by atoms with Gasteiger partial charge in [0, 0.05) is 17.1 Å². The van der Waals surface area contributed by atoms with Crippen LogP contribution in [-0.2, 0) is 0 Å². The van der Waals surface area contributed by atoms with E-state index < -0.39 is 11.9 Å². The van der Waals surface area contributed by atoms with Crippen LogP contribution in [0.5, 0.6) is 0 Å². The number of amides is 3. The number of thioether (sulfide) groups is 1. The number of benzene rings is 2. The molecular formula is C18H16FN5O2S. The summed E-state index contributed by atoms with van der Waals surface area (Å²) in [5.41, 5.74) is 6.94. The Hall–Kier alpha value is -3.33. The number of urea groups is 1. The standard InChI is InChI=1S/C18H16FN5O2S/c1-27-18-21-10-15(24(18)14-7-5-11(19)6-8-14)16(25)22-12-3-2-4-13(9-12)23-17(20)26/h2-10H,1H3,(H,22,25)(H3,20,23,26). The molecular weight excluding hydrogens is 369 g/mol. The largest absolute Gasteiger partial charge is 0.351 e. The van der Waals surface area contributed by atoms with E-state index in [0.29, 0.717) is 27.9 Å². The highest BCUT2D eigenvalue weighted by molar-refractivity contribution is 7.98. The SMILES string of the molecule is CSc1ncc(C(=O)Nc2cccc(NC(N)=O)c2)n1-c1ccc(F)cc1. The van der Waals surface area contributed by atoms with Gasteiger partial charge in [0.2, 0.25) is 0 Å². The van der Waals surface area contributed by atoms with Gasteiger partial charge in [0.25, 0.3) is 5.91 Å². The highest BCUT2D eigenvalue weighted by Gasteiger charge is 2.18. The average Bonchev–Trinajstić information content (AvgIpc) is 3.06. The predicted molar refractivity (Wildman–Crippen MR) is 103 cm³/mol. The quantitative estimate of drug-likeness (QED) is 0.585. The Balaban J connectivity index is 1.90. The van der Waals surface area contributed by atoms with Crippen LogP contribution in [0.3, 0.4) is 0 Å². The first-order chi connectivity index (χ1) is 13.0. The maximum absolute atomic E-state index is 13.2. The Bertz CT molecular complexity index is 988. The lowest BCUT2D eigenvalue weighted by atomic mass is 10.2. The minimum atomic E-state index is -0.697. The third-order valence-corrected chi connectivity index (χ3v) is 4.27. The molecule has 0 aliphatic carbocycles. The van der Waals surface area contributed by atoms with Crippen LogP contribution in [0.15, 0.2) is 59.9 Å². The lowest BCUT2D eigenvalue weighted by Crippen LogP contribution is -2.20. The molecule has 2 aromatic carbocycles. The molecule has 7 nitrogen and oxygen atoms in total. The van der Waals surface area contributed by atoms with Gasteiger partial charge in [-0.3, -0.25) is 9.36 Å². The summed E-state index contributed by atoms with van der Waals surface area (Å²) in [6, 6.07) is 11.7. The minimum absolute atomic E-state index is 0.291. The van der Waals surface area contributed by atoms with E-state index in [1.54, 1.807) is 41.0 Å². The van der Waals surface area contributed by atoms with E-state index in [-0.39, 0.29) is 5.82 Å². The molecule has 3 amide bonds. The fourth-order valence-electron chi connectivity index (χ4n) is 2.49. The summed E-state index contributed by atoms with van der Waals surface area (Å²) < 4.78 is 14.9. The Morgan fingerprint density at radius 2 is 1.78 bits per heavy atom. The Kier molecular flexibility index (Phi) is 5.41. The highest BCUT2D eigenvalue weighted by Crippen LogP contribution is 2.23. The van der Waals surface area contributed by atoms with Crippen molar-refractivity contribution in [3.8, 4) is 5.69 Å². The molecule has 0 bridgehead atoms. The van der Waals surface area contributed by atoms with Gasteiger partial charge < -0.3 is 16.4 Å². The monoisotopic (exact) mass is 385 g/mol. The number of nitrogens with two attached hydrogens (primary N) is 1. The van der Waals surface area contributed by atoms with Gasteiger partial charge in [-0.1, -0.05) is 17.8 Å². The second-order valence-corrected chi connectivity index (χ2v) is 6.24. The number of rotatable bonds is 5. The lowest BCUT2D eigenvalue weighted by Gasteiger charge is -2.12. The van der Waals surface area contributed by atoms with Gasteiger partial charge in [0.1, 0.15) is 11.5 Å². The molecule has 0 aliphatic heterocycles. The minimum Gasteiger partial charge on any atom is -0.351 e. The van der Waals surface area contributed by atoms with Gasteiger partial charge in [-0.25, -0.2) is 14.2 Å². The normalized spacial score (nSPS) is 10.4. The smallest absolute Gasteiger partial charge is 0.316 e. The Morgan fingerprint density at radius 1 is 1.11 bits per heavy atom. The van der Waals surface area contributed by atoms with Crippen LogP contribution in [0.4, 0.5) is 20.6 Å². The maximum atomic E-state index is 13.2. The van der Waals surface area contributed by atoms with E-state index in [4.69, 9.17) is 5.73 Å². The van der Waals surface area contributed by atoms with Crippen molar-refractivity contribution in [2.24, 2.45) is 5.73 Å². The summed E-state index contributed by atoms with van der Waals surface area (Å²) >= 11 is 1.36. The molecule has 0 unspecified atom stereocenters. The van der Waals surface area contributed by atoms with Gasteiger partial charge in [0.05, 0.1) is 6.20 Å². The van der Waals surface area contributed by atoms with Crippen molar-refractivity contribution in [1.29, 1.82) is 0 Å². The summed E-state index contributed by atoms with van der Waals surface area (Å²) in [6.45, 7) is 0. The van der Waals surface area contributed by atoms with Gasteiger partial charge in [-0.15, -0.1) is 0 Å². The third kappa shape index (κ3) is 4.26. The molecule has 0 radical (unpaired) electrons. The first-order valence-electron chi connectivity index (χ1n) is 7.83. The molecule has 0 fully saturated rings. The third-order valence-electron chi connectivity index (χ3n) is 3.62. The first kappa shape index (κ1) is 18.5. The number of hydrogen-bond acceptors (Lipinski definition) is 4. The second kappa shape index (κ2) is 7.92. The summed E-state index contributed by atoms with van der Waals surface area (Å²) in [5, 5.41) is 5.79. The zero-order chi connectivity index (χ0) is 19.4. The van der Waals surface area contributed by atoms with Crippen molar-refractivity contribution in [1.82, 2.24) is 9.55 Å². The summed E-state index contributed by atoms with van der Waals surface area (Å²) in [6.07, 6.45) is 3.29. The second-order valence-electron chi connectivity index (χ2n) is 5.47. The number of hydrogen-bond donors (Lipinski definition) is 3. The van der Waals surface area contributed by atoms with Crippen molar-refractivity contribution in [2.45, 2.75) is 5.16 Å². The topological polar surface area (TPSA) is 102 Å². The average molecular weight is 385 g/mol. The van der Waals surface area contributed by atoms with Crippen molar-refractivity contribution >= 4 is 35.1 Å². The van der Waals surface area contributed by atoms with Crippen LogP contribution in [0.2, 0.25) is 0 Å². The number of primary amides is 1. The van der Waals surface area contributed by atoms with E-state index in [2.05, 4.69) is 15.6 Å². The molecule has 4 N–H and O–H groups in total. The van der Waals surface area contributed by atoms with Gasteiger partial charge in [0.15, 0.2) is 5.16 Å². The molecule has 1 aromatic heterocycles. The molecule has 0 atom stereocenters. The zero-order valence-corrected chi connectivity index (χ0v) is 15.1. The molecule has 0 saturated carbocycles. The zero-order valence-electron chi connectivity index (χ0n) is 14.3. The molecule has 3 rings (SSSR count). The maximum Gasteiger partial charge on any atom is 0.316 e. The molecule has 0 saturated heterocycles. The molecule has 27 heavy (non-hydrogen) atoms. The lowest BCUT2D eigenvalue weighted by molar-refractivity contribution is 0.102. The van der Waals surface area contributed by atoms with Crippen LogP contribution < -0.4 is 16.4 Å². The molecule has 138 valence electrons. The fourth-order valence-corrected chi connectivity index (χ4v) is 3.04. The van der Waals surface area contributed by atoms with Crippen molar-refractivity contribution in [3.63, 3.8) is 0 Å². The number of aromatic nitrogens is 2. The number of nitrogens with one attached hydrogen (secondary N) is 2. The van der Waals surface area contributed by atoms with Crippen molar-refractivity contribution in [2.75, 3.05) is 16.9 Å².